The van der Waals surface area contributed by atoms with Crippen molar-refractivity contribution < 1.29 is 13.6 Å². The molecule has 2 nitrogen and oxygen atoms in total. The summed E-state index contributed by atoms with van der Waals surface area (Å²) in [5, 5.41) is -0.135. The van der Waals surface area contributed by atoms with E-state index in [0.717, 1.165) is 17.7 Å². The highest BCUT2D eigenvalue weighted by Crippen LogP contribution is 2.24. The molecule has 0 spiro atoms. The third kappa shape index (κ3) is 2.74. The summed E-state index contributed by atoms with van der Waals surface area (Å²) in [6, 6.07) is 6.34. The fourth-order valence-electron chi connectivity index (χ4n) is 1.80. The Morgan fingerprint density at radius 2 is 1.74 bits per heavy atom. The van der Waals surface area contributed by atoms with Gasteiger partial charge in [-0.3, -0.25) is 4.79 Å². The molecule has 0 fully saturated rings. The van der Waals surface area contributed by atoms with E-state index in [-0.39, 0.29) is 16.1 Å². The van der Waals surface area contributed by atoms with Crippen LogP contribution >= 0.6 is 11.6 Å². The molecule has 2 aromatic carbocycles. The zero-order chi connectivity index (χ0) is 14.2. The summed E-state index contributed by atoms with van der Waals surface area (Å²) in [5.41, 5.74) is 7.05. The summed E-state index contributed by atoms with van der Waals surface area (Å²) < 4.78 is 26.1. The molecule has 0 amide bonds. The third-order valence-electron chi connectivity index (χ3n) is 2.62. The number of ketones is 1. The van der Waals surface area contributed by atoms with E-state index in [1.165, 1.54) is 6.07 Å². The highest BCUT2D eigenvalue weighted by molar-refractivity contribution is 6.35. The molecule has 0 saturated carbocycles. The van der Waals surface area contributed by atoms with Gasteiger partial charge in [0.05, 0.1) is 5.02 Å². The maximum absolute atomic E-state index is 13.2. The predicted molar refractivity (Wildman–Crippen MR) is 70.4 cm³/mol. The van der Waals surface area contributed by atoms with E-state index >= 15 is 0 Å². The van der Waals surface area contributed by atoms with Crippen LogP contribution in [0.25, 0.3) is 0 Å². The molecule has 0 aliphatic rings. The van der Waals surface area contributed by atoms with Crippen LogP contribution in [-0.4, -0.2) is 5.78 Å². The van der Waals surface area contributed by atoms with Gasteiger partial charge in [0, 0.05) is 16.8 Å². The average molecular weight is 282 g/mol. The Balaban J connectivity index is 2.53. The molecule has 0 saturated heterocycles. The molecule has 0 unspecified atom stereocenters. The van der Waals surface area contributed by atoms with E-state index < -0.39 is 17.4 Å². The largest absolute Gasteiger partial charge is 0.399 e. The Bertz CT molecular complexity index is 650. The Hall–Kier alpha value is -1.94. The molecular weight excluding hydrogens is 272 g/mol. The smallest absolute Gasteiger partial charge is 0.194 e. The van der Waals surface area contributed by atoms with Gasteiger partial charge in [0.15, 0.2) is 17.4 Å². The van der Waals surface area contributed by atoms with E-state index in [1.54, 1.807) is 19.1 Å². The fraction of sp³-hybridized carbons (Fsp3) is 0.0714. The van der Waals surface area contributed by atoms with E-state index in [4.69, 9.17) is 17.3 Å². The number of benzene rings is 2. The van der Waals surface area contributed by atoms with Gasteiger partial charge in [0.2, 0.25) is 0 Å². The zero-order valence-corrected chi connectivity index (χ0v) is 10.8. The lowest BCUT2D eigenvalue weighted by molar-refractivity contribution is 0.103. The van der Waals surface area contributed by atoms with Crippen LogP contribution in [0.1, 0.15) is 21.5 Å². The Morgan fingerprint density at radius 3 is 2.37 bits per heavy atom. The molecule has 5 heteroatoms. The van der Waals surface area contributed by atoms with E-state index in [0.29, 0.717) is 5.69 Å². The number of anilines is 1. The Morgan fingerprint density at radius 1 is 1.11 bits per heavy atom. The number of hydrogen-bond donors (Lipinski definition) is 1. The number of halogens is 3. The third-order valence-corrected chi connectivity index (χ3v) is 2.93. The van der Waals surface area contributed by atoms with Gasteiger partial charge in [-0.25, -0.2) is 8.78 Å². The quantitative estimate of drug-likeness (QED) is 0.518. The molecule has 2 N–H and O–H groups in total. The van der Waals surface area contributed by atoms with Crippen molar-refractivity contribution in [1.82, 2.24) is 0 Å². The summed E-state index contributed by atoms with van der Waals surface area (Å²) in [4.78, 5) is 12.2. The van der Waals surface area contributed by atoms with Crippen LogP contribution in [0.5, 0.6) is 0 Å². The van der Waals surface area contributed by atoms with Gasteiger partial charge in [-0.15, -0.1) is 0 Å². The first kappa shape index (κ1) is 13.5. The van der Waals surface area contributed by atoms with Crippen LogP contribution in [0, 0.1) is 18.6 Å². The minimum Gasteiger partial charge on any atom is -0.399 e. The second-order valence-corrected chi connectivity index (χ2v) is 4.61. The summed E-state index contributed by atoms with van der Waals surface area (Å²) in [5.74, 6) is -2.71. The number of nitrogen functional groups attached to an aromatic ring is 1. The second-order valence-electron chi connectivity index (χ2n) is 4.21. The molecule has 0 heterocycles. The average Bonchev–Trinajstić information content (AvgIpc) is 2.31. The van der Waals surface area contributed by atoms with Crippen LogP contribution in [-0.2, 0) is 0 Å². The maximum Gasteiger partial charge on any atom is 0.194 e. The Kier molecular flexibility index (Phi) is 3.53. The van der Waals surface area contributed by atoms with Crippen LogP contribution in [0.15, 0.2) is 30.3 Å². The van der Waals surface area contributed by atoms with Gasteiger partial charge < -0.3 is 5.73 Å². The summed E-state index contributed by atoms with van der Waals surface area (Å²) in [6.45, 7) is 1.78. The molecule has 2 aromatic rings. The Labute approximate surface area is 113 Å². The van der Waals surface area contributed by atoms with Gasteiger partial charge in [-0.05, 0) is 42.8 Å². The first-order valence-corrected chi connectivity index (χ1v) is 5.82. The highest BCUT2D eigenvalue weighted by atomic mass is 35.5. The molecule has 2 rings (SSSR count). The van der Waals surface area contributed by atoms with Gasteiger partial charge in [0.25, 0.3) is 0 Å². The van der Waals surface area contributed by atoms with E-state index in [1.807, 2.05) is 0 Å². The van der Waals surface area contributed by atoms with Crippen LogP contribution in [0.3, 0.4) is 0 Å². The van der Waals surface area contributed by atoms with Crippen molar-refractivity contribution in [3.05, 3.63) is 63.7 Å². The lowest BCUT2D eigenvalue weighted by Gasteiger charge is -2.07. The molecule has 0 bridgehead atoms. The first-order valence-electron chi connectivity index (χ1n) is 5.45. The van der Waals surface area contributed by atoms with Crippen molar-refractivity contribution >= 4 is 23.1 Å². The van der Waals surface area contributed by atoms with Crippen molar-refractivity contribution in [2.24, 2.45) is 0 Å². The molecule has 0 radical (unpaired) electrons. The molecule has 0 atom stereocenters. The lowest BCUT2D eigenvalue weighted by Crippen LogP contribution is -2.05. The SMILES string of the molecule is Cc1cc(N)cc(C(=O)c2cc(F)c(F)cc2Cl)c1. The molecule has 19 heavy (non-hydrogen) atoms. The highest BCUT2D eigenvalue weighted by Gasteiger charge is 2.17. The topological polar surface area (TPSA) is 43.1 Å². The normalized spacial score (nSPS) is 10.5. The van der Waals surface area contributed by atoms with E-state index in [9.17, 15) is 13.6 Å². The number of nitrogens with two attached hydrogens (primary N) is 1. The molecule has 0 aliphatic heterocycles. The lowest BCUT2D eigenvalue weighted by atomic mass is 10.0. The number of carbonyl (C=O) groups excluding carboxylic acids is 1. The predicted octanol–water partition coefficient (Wildman–Crippen LogP) is 3.74. The number of carbonyl (C=O) groups is 1. The van der Waals surface area contributed by atoms with Crippen LogP contribution in [0.4, 0.5) is 14.5 Å². The fourth-order valence-corrected chi connectivity index (χ4v) is 2.03. The standard InChI is InChI=1S/C14H10ClF2NO/c1-7-2-8(4-9(18)3-7)14(19)10-5-12(16)13(17)6-11(10)15/h2-6H,18H2,1H3. The minimum atomic E-state index is -1.12. The number of hydrogen-bond acceptors (Lipinski definition) is 2. The van der Waals surface area contributed by atoms with Gasteiger partial charge in [0.1, 0.15) is 0 Å². The minimum absolute atomic E-state index is 0.0921. The van der Waals surface area contributed by atoms with Crippen molar-refractivity contribution in [2.45, 2.75) is 6.92 Å². The number of rotatable bonds is 2. The summed E-state index contributed by atoms with van der Waals surface area (Å²) >= 11 is 5.77. The summed E-state index contributed by atoms with van der Waals surface area (Å²) in [6.07, 6.45) is 0. The van der Waals surface area contributed by atoms with Crippen molar-refractivity contribution in [2.75, 3.05) is 5.73 Å². The summed E-state index contributed by atoms with van der Waals surface area (Å²) in [7, 11) is 0. The van der Waals surface area contributed by atoms with Crippen LogP contribution < -0.4 is 5.73 Å². The van der Waals surface area contributed by atoms with Gasteiger partial charge in [-0.2, -0.15) is 0 Å². The maximum atomic E-state index is 13.2. The second kappa shape index (κ2) is 4.97. The van der Waals surface area contributed by atoms with Gasteiger partial charge >= 0.3 is 0 Å². The first-order chi connectivity index (χ1) is 8.88. The van der Waals surface area contributed by atoms with Crippen LogP contribution in [0.2, 0.25) is 5.02 Å². The van der Waals surface area contributed by atoms with Crippen molar-refractivity contribution in [1.29, 1.82) is 0 Å². The van der Waals surface area contributed by atoms with Crippen molar-refractivity contribution in [3.8, 4) is 0 Å². The zero-order valence-electron chi connectivity index (χ0n) is 10.0. The van der Waals surface area contributed by atoms with Crippen molar-refractivity contribution in [3.63, 3.8) is 0 Å². The molecule has 0 aliphatic carbocycles. The van der Waals surface area contributed by atoms with E-state index in [2.05, 4.69) is 0 Å². The molecule has 0 aromatic heterocycles. The monoisotopic (exact) mass is 281 g/mol. The van der Waals surface area contributed by atoms with Gasteiger partial charge in [-0.1, -0.05) is 11.6 Å². The molecule has 98 valence electrons. The molecular formula is C14H10ClF2NO. The number of aryl methyl sites for hydroxylation is 1.